The first-order valence-corrected chi connectivity index (χ1v) is 7.20. The van der Waals surface area contributed by atoms with E-state index in [4.69, 9.17) is 11.6 Å². The molecular weight excluding hydrogens is 262 g/mol. The molecule has 104 valence electrons. The third-order valence-electron chi connectivity index (χ3n) is 3.63. The maximum atomic E-state index is 12.2. The highest BCUT2D eigenvalue weighted by molar-refractivity contribution is 6.29. The van der Waals surface area contributed by atoms with Gasteiger partial charge in [0.25, 0.3) is 5.91 Å². The monoisotopic (exact) mass is 281 g/mol. The van der Waals surface area contributed by atoms with Crippen molar-refractivity contribution in [3.05, 3.63) is 22.8 Å². The molecule has 1 amide bonds. The molecule has 4 nitrogen and oxygen atoms in total. The summed E-state index contributed by atoms with van der Waals surface area (Å²) in [7, 11) is 0. The number of aromatic nitrogens is 1. The summed E-state index contributed by atoms with van der Waals surface area (Å²) in [6.45, 7) is 4.78. The van der Waals surface area contributed by atoms with Crippen LogP contribution in [0.4, 0.5) is 5.82 Å². The lowest BCUT2D eigenvalue weighted by molar-refractivity contribution is 0.0909. The minimum Gasteiger partial charge on any atom is -0.370 e. The second kappa shape index (κ2) is 6.24. The van der Waals surface area contributed by atoms with Crippen LogP contribution in [0.15, 0.2) is 12.1 Å². The lowest BCUT2D eigenvalue weighted by Gasteiger charge is -2.31. The van der Waals surface area contributed by atoms with Gasteiger partial charge in [-0.25, -0.2) is 4.98 Å². The standard InChI is InChI=1S/C14H20ClN3O/c1-3-16-13-8-11(7-12(15)18-13)14(19)17-9(2)10-5-4-6-10/h7-10H,3-6H2,1-2H3,(H,16,18)(H,17,19). The van der Waals surface area contributed by atoms with E-state index >= 15 is 0 Å². The van der Waals surface area contributed by atoms with Gasteiger partial charge < -0.3 is 10.6 Å². The van der Waals surface area contributed by atoms with Gasteiger partial charge in [0.2, 0.25) is 0 Å². The highest BCUT2D eigenvalue weighted by Gasteiger charge is 2.25. The Morgan fingerprint density at radius 3 is 2.84 bits per heavy atom. The summed E-state index contributed by atoms with van der Waals surface area (Å²) in [5, 5.41) is 6.44. The highest BCUT2D eigenvalue weighted by Crippen LogP contribution is 2.29. The van der Waals surface area contributed by atoms with Crippen molar-refractivity contribution < 1.29 is 4.79 Å². The maximum absolute atomic E-state index is 12.2. The SMILES string of the molecule is CCNc1cc(C(=O)NC(C)C2CCC2)cc(Cl)n1. The normalized spacial score (nSPS) is 16.6. The van der Waals surface area contributed by atoms with Crippen LogP contribution in [0.5, 0.6) is 0 Å². The molecule has 2 N–H and O–H groups in total. The smallest absolute Gasteiger partial charge is 0.251 e. The molecule has 1 aliphatic rings. The Morgan fingerprint density at radius 2 is 2.26 bits per heavy atom. The zero-order valence-corrected chi connectivity index (χ0v) is 12.1. The van der Waals surface area contributed by atoms with Crippen LogP contribution in [-0.2, 0) is 0 Å². The maximum Gasteiger partial charge on any atom is 0.251 e. The molecule has 0 saturated heterocycles. The molecule has 1 unspecified atom stereocenters. The average molecular weight is 282 g/mol. The van der Waals surface area contributed by atoms with Crippen LogP contribution in [0, 0.1) is 5.92 Å². The van der Waals surface area contributed by atoms with Crippen LogP contribution >= 0.6 is 11.6 Å². The topological polar surface area (TPSA) is 54.0 Å². The van der Waals surface area contributed by atoms with E-state index in [-0.39, 0.29) is 11.9 Å². The number of carbonyl (C=O) groups excluding carboxylic acids is 1. The number of anilines is 1. The summed E-state index contributed by atoms with van der Waals surface area (Å²) < 4.78 is 0. The number of hydrogen-bond acceptors (Lipinski definition) is 3. The molecule has 0 aromatic carbocycles. The van der Waals surface area contributed by atoms with Gasteiger partial charge in [0.15, 0.2) is 0 Å². The number of halogens is 1. The van der Waals surface area contributed by atoms with Crippen molar-refractivity contribution in [1.82, 2.24) is 10.3 Å². The van der Waals surface area contributed by atoms with E-state index < -0.39 is 0 Å². The first-order chi connectivity index (χ1) is 9.10. The van der Waals surface area contributed by atoms with E-state index in [1.807, 2.05) is 6.92 Å². The minimum atomic E-state index is -0.0807. The molecule has 0 aliphatic heterocycles. The summed E-state index contributed by atoms with van der Waals surface area (Å²) in [5.41, 5.74) is 0.558. The van der Waals surface area contributed by atoms with Crippen molar-refractivity contribution in [3.63, 3.8) is 0 Å². The summed E-state index contributed by atoms with van der Waals surface area (Å²) in [4.78, 5) is 16.3. The molecule has 1 atom stereocenters. The Kier molecular flexibility index (Phi) is 4.64. The zero-order valence-electron chi connectivity index (χ0n) is 11.4. The summed E-state index contributed by atoms with van der Waals surface area (Å²) in [6.07, 6.45) is 3.69. The third kappa shape index (κ3) is 3.60. The summed E-state index contributed by atoms with van der Waals surface area (Å²) >= 11 is 5.94. The van der Waals surface area contributed by atoms with Crippen LogP contribution in [0.1, 0.15) is 43.5 Å². The van der Waals surface area contributed by atoms with Gasteiger partial charge in [-0.2, -0.15) is 0 Å². The van der Waals surface area contributed by atoms with Gasteiger partial charge in [-0.3, -0.25) is 4.79 Å². The largest absolute Gasteiger partial charge is 0.370 e. The molecule has 1 aliphatic carbocycles. The summed E-state index contributed by atoms with van der Waals surface area (Å²) in [5.74, 6) is 1.17. The fourth-order valence-electron chi connectivity index (χ4n) is 2.25. The van der Waals surface area contributed by atoms with E-state index in [9.17, 15) is 4.79 Å². The minimum absolute atomic E-state index is 0.0807. The molecule has 5 heteroatoms. The van der Waals surface area contributed by atoms with Gasteiger partial charge >= 0.3 is 0 Å². The van der Waals surface area contributed by atoms with Crippen LogP contribution in [0.25, 0.3) is 0 Å². The Balaban J connectivity index is 2.04. The molecule has 2 rings (SSSR count). The predicted molar refractivity (Wildman–Crippen MR) is 77.7 cm³/mol. The Bertz CT molecular complexity index is 460. The molecule has 0 bridgehead atoms. The highest BCUT2D eigenvalue weighted by atomic mass is 35.5. The molecule has 1 heterocycles. The number of pyridine rings is 1. The molecular formula is C14H20ClN3O. The molecule has 1 saturated carbocycles. The van der Waals surface area contributed by atoms with Crippen LogP contribution in [-0.4, -0.2) is 23.5 Å². The van der Waals surface area contributed by atoms with E-state index in [0.29, 0.717) is 22.5 Å². The number of hydrogen-bond donors (Lipinski definition) is 2. The van der Waals surface area contributed by atoms with Crippen molar-refractivity contribution >= 4 is 23.3 Å². The first-order valence-electron chi connectivity index (χ1n) is 6.82. The van der Waals surface area contributed by atoms with Crippen molar-refractivity contribution in [1.29, 1.82) is 0 Å². The van der Waals surface area contributed by atoms with E-state index in [1.54, 1.807) is 12.1 Å². The van der Waals surface area contributed by atoms with Gasteiger partial charge in [-0.05, 0) is 44.7 Å². The van der Waals surface area contributed by atoms with Gasteiger partial charge in [-0.1, -0.05) is 18.0 Å². The Hall–Kier alpha value is -1.29. The average Bonchev–Trinajstić information content (AvgIpc) is 2.25. The zero-order chi connectivity index (χ0) is 13.8. The van der Waals surface area contributed by atoms with E-state index in [1.165, 1.54) is 19.3 Å². The number of nitrogens with zero attached hydrogens (tertiary/aromatic N) is 1. The van der Waals surface area contributed by atoms with Crippen LogP contribution < -0.4 is 10.6 Å². The number of amides is 1. The lowest BCUT2D eigenvalue weighted by atomic mass is 9.80. The van der Waals surface area contributed by atoms with Crippen molar-refractivity contribution in [2.75, 3.05) is 11.9 Å². The molecule has 1 fully saturated rings. The number of carbonyl (C=O) groups is 1. The van der Waals surface area contributed by atoms with Gasteiger partial charge in [0, 0.05) is 18.2 Å². The fraction of sp³-hybridized carbons (Fsp3) is 0.571. The van der Waals surface area contributed by atoms with Crippen molar-refractivity contribution in [2.45, 2.75) is 39.2 Å². The third-order valence-corrected chi connectivity index (χ3v) is 3.82. The second-order valence-electron chi connectivity index (χ2n) is 5.05. The van der Waals surface area contributed by atoms with E-state index in [2.05, 4.69) is 22.5 Å². The number of rotatable bonds is 5. The van der Waals surface area contributed by atoms with Crippen LogP contribution in [0.2, 0.25) is 5.15 Å². The Morgan fingerprint density at radius 1 is 1.53 bits per heavy atom. The Labute approximate surface area is 118 Å². The molecule has 1 aromatic heterocycles. The molecule has 0 radical (unpaired) electrons. The summed E-state index contributed by atoms with van der Waals surface area (Å²) in [6, 6.07) is 3.56. The molecule has 19 heavy (non-hydrogen) atoms. The fourth-order valence-corrected chi connectivity index (χ4v) is 2.46. The molecule has 1 aromatic rings. The first kappa shape index (κ1) is 14.1. The van der Waals surface area contributed by atoms with E-state index in [0.717, 1.165) is 6.54 Å². The van der Waals surface area contributed by atoms with Crippen molar-refractivity contribution in [3.8, 4) is 0 Å². The van der Waals surface area contributed by atoms with Crippen LogP contribution in [0.3, 0.4) is 0 Å². The van der Waals surface area contributed by atoms with Gasteiger partial charge in [0.05, 0.1) is 0 Å². The predicted octanol–water partition coefficient (Wildman–Crippen LogP) is 3.09. The van der Waals surface area contributed by atoms with Gasteiger partial charge in [0.1, 0.15) is 11.0 Å². The lowest BCUT2D eigenvalue weighted by Crippen LogP contribution is -2.40. The molecule has 0 spiro atoms. The van der Waals surface area contributed by atoms with Crippen molar-refractivity contribution in [2.24, 2.45) is 5.92 Å². The quantitative estimate of drug-likeness (QED) is 0.816. The van der Waals surface area contributed by atoms with Gasteiger partial charge in [-0.15, -0.1) is 0 Å². The number of nitrogens with one attached hydrogen (secondary N) is 2. The second-order valence-corrected chi connectivity index (χ2v) is 5.43.